The van der Waals surface area contributed by atoms with Gasteiger partial charge in [0, 0.05) is 11.8 Å². The van der Waals surface area contributed by atoms with Gasteiger partial charge in [-0.3, -0.25) is 0 Å². The molecule has 8 nitrogen and oxygen atoms in total. The molecule has 0 aliphatic rings. The Morgan fingerprint density at radius 2 is 1.74 bits per heavy atom. The van der Waals surface area contributed by atoms with Crippen LogP contribution in [0.25, 0.3) is 0 Å². The van der Waals surface area contributed by atoms with E-state index in [0.717, 1.165) is 6.42 Å². The Kier molecular flexibility index (Phi) is 4.88. The molecule has 0 radical (unpaired) electrons. The Labute approximate surface area is 135 Å². The van der Waals surface area contributed by atoms with Gasteiger partial charge < -0.3 is 9.05 Å². The summed E-state index contributed by atoms with van der Waals surface area (Å²) in [5, 5.41) is 6.61. The maximum Gasteiger partial charge on any atom is 0.244 e. The third kappa shape index (κ3) is 4.15. The summed E-state index contributed by atoms with van der Waals surface area (Å²) in [5.41, 5.74) is -0.331. The lowest BCUT2D eigenvalue weighted by Gasteiger charge is -2.10. The van der Waals surface area contributed by atoms with Crippen LogP contribution < -0.4 is 0 Å². The van der Waals surface area contributed by atoms with Crippen molar-refractivity contribution in [3.05, 3.63) is 23.4 Å². The normalized spacial score (nSPS) is 14.1. The Balaban J connectivity index is 2.15. The SMILES string of the molecule is CCCc1noc([C@@H](C)S(=O)(=O)Cc2noc(C(C)(C)C)n2)n1. The van der Waals surface area contributed by atoms with E-state index in [4.69, 9.17) is 9.05 Å². The van der Waals surface area contributed by atoms with Crippen molar-refractivity contribution in [3.8, 4) is 0 Å². The highest BCUT2D eigenvalue weighted by Gasteiger charge is 2.31. The zero-order chi connectivity index (χ0) is 17.3. The molecule has 0 saturated heterocycles. The lowest BCUT2D eigenvalue weighted by Crippen LogP contribution is -2.15. The summed E-state index contributed by atoms with van der Waals surface area (Å²) < 4.78 is 35.1. The predicted molar refractivity (Wildman–Crippen MR) is 82.3 cm³/mol. The van der Waals surface area contributed by atoms with Crippen molar-refractivity contribution >= 4 is 9.84 Å². The van der Waals surface area contributed by atoms with E-state index in [-0.39, 0.29) is 22.9 Å². The summed E-state index contributed by atoms with van der Waals surface area (Å²) in [6, 6.07) is 0. The van der Waals surface area contributed by atoms with Crippen LogP contribution in [-0.4, -0.2) is 28.7 Å². The smallest absolute Gasteiger partial charge is 0.244 e. The van der Waals surface area contributed by atoms with Gasteiger partial charge in [-0.15, -0.1) is 0 Å². The van der Waals surface area contributed by atoms with Gasteiger partial charge in [-0.1, -0.05) is 38.0 Å². The predicted octanol–water partition coefficient (Wildman–Crippen LogP) is 2.38. The van der Waals surface area contributed by atoms with Gasteiger partial charge in [0.1, 0.15) is 11.0 Å². The van der Waals surface area contributed by atoms with Gasteiger partial charge in [0.25, 0.3) is 0 Å². The molecule has 0 spiro atoms. The van der Waals surface area contributed by atoms with Crippen molar-refractivity contribution in [2.24, 2.45) is 0 Å². The number of hydrogen-bond acceptors (Lipinski definition) is 8. The van der Waals surface area contributed by atoms with E-state index < -0.39 is 15.1 Å². The van der Waals surface area contributed by atoms with Crippen LogP contribution in [0, 0.1) is 0 Å². The van der Waals surface area contributed by atoms with Gasteiger partial charge in [0.05, 0.1) is 0 Å². The van der Waals surface area contributed by atoms with Gasteiger partial charge in [0.15, 0.2) is 21.5 Å². The standard InChI is InChI=1S/C14H22N4O4S/c1-6-7-10-15-12(21-17-10)9(2)23(19,20)8-11-16-13(22-18-11)14(3,4)5/h9H,6-8H2,1-5H3/t9-/m1/s1. The van der Waals surface area contributed by atoms with E-state index >= 15 is 0 Å². The minimum atomic E-state index is -3.58. The van der Waals surface area contributed by atoms with E-state index in [9.17, 15) is 8.42 Å². The fourth-order valence-corrected chi connectivity index (χ4v) is 2.96. The minimum absolute atomic E-state index is 0.0907. The maximum absolute atomic E-state index is 12.5. The van der Waals surface area contributed by atoms with Crippen LogP contribution in [0.1, 0.15) is 69.7 Å². The Bertz CT molecular complexity index is 758. The molecule has 2 rings (SSSR count). The molecule has 0 N–H and O–H groups in total. The van der Waals surface area contributed by atoms with Crippen LogP contribution in [-0.2, 0) is 27.4 Å². The molecule has 23 heavy (non-hydrogen) atoms. The summed E-state index contributed by atoms with van der Waals surface area (Å²) in [7, 11) is -3.58. The zero-order valence-corrected chi connectivity index (χ0v) is 14.8. The van der Waals surface area contributed by atoms with Crippen LogP contribution >= 0.6 is 0 Å². The third-order valence-corrected chi connectivity index (χ3v) is 5.22. The molecule has 2 heterocycles. The van der Waals surface area contributed by atoms with Crippen LogP contribution in [0.4, 0.5) is 0 Å². The topological polar surface area (TPSA) is 112 Å². The molecule has 0 aromatic carbocycles. The fraction of sp³-hybridized carbons (Fsp3) is 0.714. The van der Waals surface area contributed by atoms with Crippen molar-refractivity contribution in [3.63, 3.8) is 0 Å². The number of nitrogens with zero attached hydrogens (tertiary/aromatic N) is 4. The van der Waals surface area contributed by atoms with Gasteiger partial charge >= 0.3 is 0 Å². The number of aromatic nitrogens is 4. The van der Waals surface area contributed by atoms with Gasteiger partial charge in [0.2, 0.25) is 11.8 Å². The molecule has 0 bridgehead atoms. The van der Waals surface area contributed by atoms with Crippen molar-refractivity contribution < 1.29 is 17.5 Å². The fourth-order valence-electron chi connectivity index (χ4n) is 1.83. The largest absolute Gasteiger partial charge is 0.339 e. The first-order chi connectivity index (χ1) is 10.6. The van der Waals surface area contributed by atoms with E-state index in [1.165, 1.54) is 6.92 Å². The van der Waals surface area contributed by atoms with Crippen LogP contribution in [0.15, 0.2) is 9.05 Å². The van der Waals surface area contributed by atoms with E-state index in [0.29, 0.717) is 18.1 Å². The number of sulfone groups is 1. The number of hydrogen-bond donors (Lipinski definition) is 0. The maximum atomic E-state index is 12.5. The molecule has 9 heteroatoms. The molecule has 0 unspecified atom stereocenters. The number of rotatable bonds is 6. The van der Waals surface area contributed by atoms with Crippen molar-refractivity contribution in [1.82, 2.24) is 20.3 Å². The molecular formula is C14H22N4O4S. The average Bonchev–Trinajstić information content (AvgIpc) is 3.06. The van der Waals surface area contributed by atoms with Crippen LogP contribution in [0.2, 0.25) is 0 Å². The summed E-state index contributed by atoms with van der Waals surface area (Å²) in [6.07, 6.45) is 1.51. The first-order valence-corrected chi connectivity index (χ1v) is 9.22. The highest BCUT2D eigenvalue weighted by Crippen LogP contribution is 2.25. The Hall–Kier alpha value is -1.77. The molecule has 0 saturated carbocycles. The van der Waals surface area contributed by atoms with Crippen molar-refractivity contribution in [2.45, 2.75) is 63.9 Å². The second-order valence-electron chi connectivity index (χ2n) is 6.51. The molecular weight excluding hydrogens is 320 g/mol. The summed E-state index contributed by atoms with van der Waals surface area (Å²) in [5.74, 6) is 0.805. The Morgan fingerprint density at radius 3 is 2.30 bits per heavy atom. The van der Waals surface area contributed by atoms with Crippen molar-refractivity contribution in [2.75, 3.05) is 0 Å². The van der Waals surface area contributed by atoms with Gasteiger partial charge in [-0.2, -0.15) is 9.97 Å². The van der Waals surface area contributed by atoms with E-state index in [2.05, 4.69) is 20.3 Å². The molecule has 0 aliphatic carbocycles. The average molecular weight is 342 g/mol. The molecule has 0 aliphatic heterocycles. The monoisotopic (exact) mass is 342 g/mol. The van der Waals surface area contributed by atoms with Crippen LogP contribution in [0.5, 0.6) is 0 Å². The highest BCUT2D eigenvalue weighted by atomic mass is 32.2. The molecule has 0 amide bonds. The van der Waals surface area contributed by atoms with Gasteiger partial charge in [-0.05, 0) is 13.3 Å². The zero-order valence-electron chi connectivity index (χ0n) is 14.0. The highest BCUT2D eigenvalue weighted by molar-refractivity contribution is 7.90. The first-order valence-electron chi connectivity index (χ1n) is 7.50. The quantitative estimate of drug-likeness (QED) is 0.786. The minimum Gasteiger partial charge on any atom is -0.339 e. The second kappa shape index (κ2) is 6.38. The van der Waals surface area contributed by atoms with Crippen LogP contribution in [0.3, 0.4) is 0 Å². The lowest BCUT2D eigenvalue weighted by atomic mass is 9.97. The van der Waals surface area contributed by atoms with E-state index in [1.54, 1.807) is 0 Å². The summed E-state index contributed by atoms with van der Waals surface area (Å²) >= 11 is 0. The van der Waals surface area contributed by atoms with Crippen molar-refractivity contribution in [1.29, 1.82) is 0 Å². The third-order valence-electron chi connectivity index (χ3n) is 3.28. The first kappa shape index (κ1) is 17.6. The molecule has 2 aromatic heterocycles. The second-order valence-corrected chi connectivity index (χ2v) is 8.84. The molecule has 2 aromatic rings. The summed E-state index contributed by atoms with van der Waals surface area (Å²) in [4.78, 5) is 8.28. The Morgan fingerprint density at radius 1 is 1.09 bits per heavy atom. The van der Waals surface area contributed by atoms with Gasteiger partial charge in [-0.25, -0.2) is 8.42 Å². The van der Waals surface area contributed by atoms with E-state index in [1.807, 2.05) is 27.7 Å². The molecule has 0 fully saturated rings. The summed E-state index contributed by atoms with van der Waals surface area (Å²) in [6.45, 7) is 9.24. The molecule has 128 valence electrons. The molecule has 1 atom stereocenters. The lowest BCUT2D eigenvalue weighted by molar-refractivity contribution is 0.318. The number of aryl methyl sites for hydroxylation is 1.